The van der Waals surface area contributed by atoms with Crippen LogP contribution in [0.5, 0.6) is 0 Å². The first-order chi connectivity index (χ1) is 28.7. The van der Waals surface area contributed by atoms with Gasteiger partial charge in [0.1, 0.15) is 0 Å². The van der Waals surface area contributed by atoms with Gasteiger partial charge in [-0.3, -0.25) is 0 Å². The highest BCUT2D eigenvalue weighted by Gasteiger charge is 2.25. The lowest BCUT2D eigenvalue weighted by atomic mass is 9.94. The summed E-state index contributed by atoms with van der Waals surface area (Å²) in [6, 6.07) is 67.1. The van der Waals surface area contributed by atoms with Crippen molar-refractivity contribution < 1.29 is 0 Å². The van der Waals surface area contributed by atoms with Gasteiger partial charge in [0.2, 0.25) is 0 Å². The van der Waals surface area contributed by atoms with Crippen molar-refractivity contribution in [1.82, 2.24) is 4.57 Å². The molecule has 0 saturated carbocycles. The number of benzene rings is 8. The second kappa shape index (κ2) is 13.5. The van der Waals surface area contributed by atoms with Gasteiger partial charge in [-0.05, 0) is 89.3 Å². The number of aromatic nitrogens is 1. The van der Waals surface area contributed by atoms with Crippen molar-refractivity contribution in [2.75, 3.05) is 4.90 Å². The number of para-hydroxylation sites is 2. The molecule has 58 heavy (non-hydrogen) atoms. The minimum atomic E-state index is 0.130. The quantitative estimate of drug-likeness (QED) is 0.163. The summed E-state index contributed by atoms with van der Waals surface area (Å²) in [7, 11) is 0. The third kappa shape index (κ3) is 5.37. The Hall–Kier alpha value is -6.72. The number of hydrogen-bond acceptors (Lipinski definition) is 3. The number of rotatable bonds is 6. The van der Waals surface area contributed by atoms with E-state index in [0.29, 0.717) is 0 Å². The molecule has 0 bridgehead atoms. The molecule has 2 nitrogen and oxygen atoms in total. The monoisotopic (exact) mass is 776 g/mol. The highest BCUT2D eigenvalue weighted by atomic mass is 32.1. The summed E-state index contributed by atoms with van der Waals surface area (Å²) >= 11 is 3.79. The lowest BCUT2D eigenvalue weighted by molar-refractivity contribution is 0.790. The van der Waals surface area contributed by atoms with Gasteiger partial charge in [-0.1, -0.05) is 140 Å². The zero-order chi connectivity index (χ0) is 38.2. The van der Waals surface area contributed by atoms with Crippen molar-refractivity contribution in [3.63, 3.8) is 0 Å². The zero-order valence-electron chi connectivity index (χ0n) is 31.5. The molecule has 12 rings (SSSR count). The number of fused-ring (bicyclic) bond motifs is 9. The predicted molar refractivity (Wildman–Crippen MR) is 253 cm³/mol. The van der Waals surface area contributed by atoms with Gasteiger partial charge in [0.05, 0.1) is 27.5 Å². The fraction of sp³-hybridized carbons (Fsp3) is 0.0370. The molecule has 274 valence electrons. The Morgan fingerprint density at radius 1 is 0.466 bits per heavy atom. The van der Waals surface area contributed by atoms with E-state index in [4.69, 9.17) is 0 Å². The first kappa shape index (κ1) is 33.4. The summed E-state index contributed by atoms with van der Waals surface area (Å²) < 4.78 is 7.69. The molecular formula is C54H36N2S2. The van der Waals surface area contributed by atoms with E-state index in [9.17, 15) is 0 Å². The van der Waals surface area contributed by atoms with Crippen molar-refractivity contribution >= 4 is 102 Å². The van der Waals surface area contributed by atoms with Gasteiger partial charge in [-0.25, -0.2) is 0 Å². The predicted octanol–water partition coefficient (Wildman–Crippen LogP) is 15.7. The maximum atomic E-state index is 2.60. The van der Waals surface area contributed by atoms with E-state index >= 15 is 0 Å². The molecule has 1 atom stereocenters. The van der Waals surface area contributed by atoms with Crippen molar-refractivity contribution in [1.29, 1.82) is 0 Å². The Morgan fingerprint density at radius 3 is 2.03 bits per heavy atom. The second-order valence-electron chi connectivity index (χ2n) is 15.2. The minimum absolute atomic E-state index is 0.130. The van der Waals surface area contributed by atoms with Gasteiger partial charge in [-0.2, -0.15) is 0 Å². The van der Waals surface area contributed by atoms with E-state index < -0.39 is 0 Å². The van der Waals surface area contributed by atoms with E-state index in [2.05, 4.69) is 210 Å². The molecule has 1 unspecified atom stereocenters. The van der Waals surface area contributed by atoms with Crippen LogP contribution in [0.1, 0.15) is 12.0 Å². The van der Waals surface area contributed by atoms with Crippen LogP contribution in [0, 0.1) is 0 Å². The van der Waals surface area contributed by atoms with Gasteiger partial charge in [0.15, 0.2) is 0 Å². The molecule has 0 radical (unpaired) electrons. The Balaban J connectivity index is 0.979. The molecular weight excluding hydrogens is 741 g/mol. The van der Waals surface area contributed by atoms with Crippen molar-refractivity contribution in [2.45, 2.75) is 12.5 Å². The molecule has 0 amide bonds. The average molecular weight is 777 g/mol. The third-order valence-electron chi connectivity index (χ3n) is 11.9. The van der Waals surface area contributed by atoms with Crippen LogP contribution in [0.3, 0.4) is 0 Å². The van der Waals surface area contributed by atoms with Gasteiger partial charge in [0, 0.05) is 57.8 Å². The largest absolute Gasteiger partial charge is 0.333 e. The number of nitrogens with zero attached hydrogens (tertiary/aromatic N) is 2. The molecule has 8 aromatic carbocycles. The van der Waals surface area contributed by atoms with Crippen molar-refractivity contribution in [3.8, 4) is 16.8 Å². The maximum absolute atomic E-state index is 2.60. The van der Waals surface area contributed by atoms with Crippen LogP contribution in [0.25, 0.3) is 84.5 Å². The van der Waals surface area contributed by atoms with E-state index in [0.717, 1.165) is 6.42 Å². The Labute approximate surface area is 344 Å². The fourth-order valence-electron chi connectivity index (χ4n) is 9.18. The summed E-state index contributed by atoms with van der Waals surface area (Å²) in [6.45, 7) is 0. The molecule has 0 spiro atoms. The summed E-state index contributed by atoms with van der Waals surface area (Å²) in [5.74, 6) is 0. The topological polar surface area (TPSA) is 8.17 Å². The normalized spacial score (nSPS) is 14.3. The van der Waals surface area contributed by atoms with E-state index in [1.165, 1.54) is 101 Å². The Kier molecular flexibility index (Phi) is 7.75. The molecule has 11 aromatic rings. The molecule has 4 heteroatoms. The minimum Gasteiger partial charge on any atom is -0.333 e. The van der Waals surface area contributed by atoms with Crippen LogP contribution in [-0.4, -0.2) is 10.6 Å². The fourth-order valence-corrected chi connectivity index (χ4v) is 11.5. The zero-order valence-corrected chi connectivity index (χ0v) is 33.2. The first-order valence-corrected chi connectivity index (χ1v) is 21.6. The average Bonchev–Trinajstić information content (AvgIpc) is 3.96. The summed E-state index contributed by atoms with van der Waals surface area (Å²) in [6.07, 6.45) is 8.12. The van der Waals surface area contributed by atoms with Crippen LogP contribution < -0.4 is 4.90 Å². The first-order valence-electron chi connectivity index (χ1n) is 19.9. The smallest absolute Gasteiger partial charge is 0.0598 e. The Morgan fingerprint density at radius 2 is 1.17 bits per heavy atom. The number of allylic oxidation sites excluding steroid dienone is 2. The van der Waals surface area contributed by atoms with Gasteiger partial charge >= 0.3 is 0 Å². The van der Waals surface area contributed by atoms with Crippen LogP contribution >= 0.6 is 22.7 Å². The standard InChI is InChI=1S/C54H36N2S2/c1-3-12-35(13-4-1)37-25-31-52-47(32-37)46-18-11-20-49(54(46)58-52)55(41-28-30-45-44-17-8-10-21-51(44)57-53(45)34-41)40-26-22-36(23-27-40)38-24-29-43-42-16-7-9-19-48(42)56(50(43)33-38)39-14-5-2-6-15-39/h1-26,28-34,40H,27H2. The van der Waals surface area contributed by atoms with Crippen LogP contribution in [0.2, 0.25) is 0 Å². The van der Waals surface area contributed by atoms with Crippen LogP contribution in [0.15, 0.2) is 200 Å². The molecule has 0 fully saturated rings. The molecule has 0 N–H and O–H groups in total. The summed E-state index contributed by atoms with van der Waals surface area (Å²) in [4.78, 5) is 2.60. The van der Waals surface area contributed by atoms with Crippen molar-refractivity contribution in [2.24, 2.45) is 0 Å². The van der Waals surface area contributed by atoms with Crippen LogP contribution in [-0.2, 0) is 0 Å². The highest BCUT2D eigenvalue weighted by molar-refractivity contribution is 7.26. The number of anilines is 2. The number of hydrogen-bond donors (Lipinski definition) is 0. The van der Waals surface area contributed by atoms with Gasteiger partial charge in [-0.15, -0.1) is 22.7 Å². The van der Waals surface area contributed by atoms with Crippen LogP contribution in [0.4, 0.5) is 11.4 Å². The van der Waals surface area contributed by atoms with E-state index in [-0.39, 0.29) is 6.04 Å². The molecule has 1 aliphatic rings. The lowest BCUT2D eigenvalue weighted by Crippen LogP contribution is -2.30. The summed E-state index contributed by atoms with van der Waals surface area (Å²) in [5.41, 5.74) is 11.1. The van der Waals surface area contributed by atoms with E-state index in [1.807, 2.05) is 22.7 Å². The summed E-state index contributed by atoms with van der Waals surface area (Å²) in [5, 5.41) is 7.82. The Bertz CT molecular complexity index is 3440. The SMILES string of the molecule is C1=CC(N(c2ccc3c(c2)sc2ccccc23)c2cccc3c2sc2ccc(-c4ccccc4)cc23)CC=C1c1ccc2c3ccccc3n(-c3ccccc3)c2c1. The molecule has 0 saturated heterocycles. The van der Waals surface area contributed by atoms with Gasteiger partial charge in [0.25, 0.3) is 0 Å². The maximum Gasteiger partial charge on any atom is 0.0598 e. The van der Waals surface area contributed by atoms with Gasteiger partial charge < -0.3 is 9.47 Å². The van der Waals surface area contributed by atoms with Crippen molar-refractivity contribution in [3.05, 3.63) is 206 Å². The number of thiophene rings is 2. The molecule has 3 aromatic heterocycles. The highest BCUT2D eigenvalue weighted by Crippen LogP contribution is 2.46. The molecule has 1 aliphatic carbocycles. The second-order valence-corrected chi connectivity index (χ2v) is 17.4. The molecule has 0 aliphatic heterocycles. The molecule has 3 heterocycles. The van der Waals surface area contributed by atoms with E-state index in [1.54, 1.807) is 0 Å². The lowest BCUT2D eigenvalue weighted by Gasteiger charge is -2.33. The third-order valence-corrected chi connectivity index (χ3v) is 14.3.